The quantitative estimate of drug-likeness (QED) is 0.902. The number of nitrogens with zero attached hydrogens (tertiary/aromatic N) is 3. The lowest BCUT2D eigenvalue weighted by atomic mass is 9.81. The van der Waals surface area contributed by atoms with Crippen molar-refractivity contribution in [3.05, 3.63) is 52.7 Å². The average molecular weight is 282 g/mol. The summed E-state index contributed by atoms with van der Waals surface area (Å²) in [6.45, 7) is 1.91. The number of nitrogens with two attached hydrogens (primary N) is 1. The van der Waals surface area contributed by atoms with E-state index in [0.717, 1.165) is 11.1 Å². The molecule has 0 radical (unpaired) electrons. The predicted molar refractivity (Wildman–Crippen MR) is 75.0 cm³/mol. The van der Waals surface area contributed by atoms with E-state index in [1.807, 2.05) is 31.2 Å². The average Bonchev–Trinajstić information content (AvgIpc) is 2.86. The molecule has 6 nitrogen and oxygen atoms in total. The van der Waals surface area contributed by atoms with Crippen LogP contribution in [0.25, 0.3) is 0 Å². The fourth-order valence-corrected chi connectivity index (χ4v) is 2.69. The Labute approximate surface area is 122 Å². The lowest BCUT2D eigenvalue weighted by molar-refractivity contribution is 0.276. The van der Waals surface area contributed by atoms with E-state index in [9.17, 15) is 5.26 Å². The van der Waals surface area contributed by atoms with Crippen molar-refractivity contribution in [3.63, 3.8) is 0 Å². The van der Waals surface area contributed by atoms with Crippen LogP contribution in [0.2, 0.25) is 0 Å². The van der Waals surface area contributed by atoms with Crippen LogP contribution in [0.5, 0.6) is 5.75 Å². The van der Waals surface area contributed by atoms with Crippen molar-refractivity contribution in [2.45, 2.75) is 18.9 Å². The molecule has 3 rings (SSSR count). The lowest BCUT2D eigenvalue weighted by Gasteiger charge is -2.26. The zero-order chi connectivity index (χ0) is 15.0. The maximum absolute atomic E-state index is 9.47. The van der Waals surface area contributed by atoms with E-state index in [4.69, 9.17) is 15.2 Å². The van der Waals surface area contributed by atoms with E-state index in [1.165, 1.54) is 0 Å². The molecule has 0 aromatic heterocycles. The van der Waals surface area contributed by atoms with Gasteiger partial charge in [-0.3, -0.25) is 0 Å². The summed E-state index contributed by atoms with van der Waals surface area (Å²) in [5.74, 6) is 0.797. The first kappa shape index (κ1) is 13.2. The van der Waals surface area contributed by atoms with Crippen molar-refractivity contribution < 1.29 is 9.47 Å². The second-order valence-corrected chi connectivity index (χ2v) is 4.82. The molecule has 1 aromatic rings. The molecule has 0 bridgehead atoms. The summed E-state index contributed by atoms with van der Waals surface area (Å²) in [6, 6.07) is 9.52. The lowest BCUT2D eigenvalue weighted by Crippen LogP contribution is -2.23. The van der Waals surface area contributed by atoms with Gasteiger partial charge >= 0.3 is 0 Å². The normalized spacial score (nSPS) is 23.7. The topological polar surface area (TPSA) is 93.0 Å². The molecule has 0 aliphatic carbocycles. The second-order valence-electron chi connectivity index (χ2n) is 4.82. The third-order valence-corrected chi connectivity index (χ3v) is 3.66. The van der Waals surface area contributed by atoms with Gasteiger partial charge in [0.2, 0.25) is 11.8 Å². The van der Waals surface area contributed by atoms with E-state index in [1.54, 1.807) is 7.11 Å². The van der Waals surface area contributed by atoms with Gasteiger partial charge in [-0.25, -0.2) is 0 Å². The molecule has 2 N–H and O–H groups in total. The molecule has 0 saturated heterocycles. The highest BCUT2D eigenvalue weighted by Gasteiger charge is 2.39. The van der Waals surface area contributed by atoms with Crippen molar-refractivity contribution in [3.8, 4) is 11.8 Å². The summed E-state index contributed by atoms with van der Waals surface area (Å²) in [5, 5.41) is 17.6. The van der Waals surface area contributed by atoms with Crippen molar-refractivity contribution in [2.24, 2.45) is 16.0 Å². The first-order valence-corrected chi connectivity index (χ1v) is 6.52. The molecule has 2 aliphatic rings. The molecule has 106 valence electrons. The van der Waals surface area contributed by atoms with Gasteiger partial charge in [-0.05, 0) is 13.0 Å². The molecular formula is C15H14N4O2. The van der Waals surface area contributed by atoms with E-state index in [2.05, 4.69) is 16.3 Å². The van der Waals surface area contributed by atoms with Crippen LogP contribution >= 0.6 is 0 Å². The second kappa shape index (κ2) is 4.94. The molecule has 1 aromatic carbocycles. The number of para-hydroxylation sites is 1. The Morgan fingerprint density at radius 3 is 2.86 bits per heavy atom. The Hall–Kier alpha value is -2.81. The fraction of sp³-hybridized carbons (Fsp3) is 0.267. The molecule has 2 atom stereocenters. The largest absolute Gasteiger partial charge is 0.496 e. The molecule has 0 spiro atoms. The minimum absolute atomic E-state index is 0.0696. The number of hydrogen-bond donors (Lipinski definition) is 1. The van der Waals surface area contributed by atoms with Gasteiger partial charge in [0, 0.05) is 11.1 Å². The molecule has 2 unspecified atom stereocenters. The third kappa shape index (κ3) is 1.94. The fourth-order valence-electron chi connectivity index (χ4n) is 2.69. The first-order valence-electron chi connectivity index (χ1n) is 6.52. The summed E-state index contributed by atoms with van der Waals surface area (Å²) in [4.78, 5) is 0. The third-order valence-electron chi connectivity index (χ3n) is 3.66. The van der Waals surface area contributed by atoms with Crippen molar-refractivity contribution in [2.75, 3.05) is 7.11 Å². The Morgan fingerprint density at radius 2 is 2.14 bits per heavy atom. The first-order chi connectivity index (χ1) is 10.2. The van der Waals surface area contributed by atoms with Gasteiger partial charge in [0.05, 0.1) is 19.1 Å². The Kier molecular flexibility index (Phi) is 3.10. The molecule has 0 saturated carbocycles. The molecule has 2 aliphatic heterocycles. The number of azo groups is 1. The Morgan fingerprint density at radius 1 is 1.38 bits per heavy atom. The van der Waals surface area contributed by atoms with E-state index >= 15 is 0 Å². The van der Waals surface area contributed by atoms with Crippen LogP contribution in [0, 0.1) is 11.3 Å². The molecule has 0 amide bonds. The molecular weight excluding hydrogens is 268 g/mol. The summed E-state index contributed by atoms with van der Waals surface area (Å²) in [7, 11) is 1.60. The smallest absolute Gasteiger partial charge is 0.242 e. The highest BCUT2D eigenvalue weighted by atomic mass is 16.5. The highest BCUT2D eigenvalue weighted by Crippen LogP contribution is 2.46. The summed E-state index contributed by atoms with van der Waals surface area (Å²) >= 11 is 0. The Bertz CT molecular complexity index is 727. The number of hydrogen-bond acceptors (Lipinski definition) is 6. The van der Waals surface area contributed by atoms with Crippen LogP contribution in [0.15, 0.2) is 57.4 Å². The van der Waals surface area contributed by atoms with Gasteiger partial charge in [0.25, 0.3) is 0 Å². The molecule has 6 heteroatoms. The molecule has 0 fully saturated rings. The molecule has 21 heavy (non-hydrogen) atoms. The van der Waals surface area contributed by atoms with Gasteiger partial charge in [-0.1, -0.05) is 18.2 Å². The number of ether oxygens (including phenoxy) is 2. The summed E-state index contributed by atoms with van der Waals surface area (Å²) in [5.41, 5.74) is 7.92. The number of nitriles is 1. The number of rotatable bonds is 2. The van der Waals surface area contributed by atoms with Crippen LogP contribution in [-0.4, -0.2) is 13.2 Å². The van der Waals surface area contributed by atoms with Gasteiger partial charge in [0.1, 0.15) is 17.4 Å². The maximum Gasteiger partial charge on any atom is 0.242 e. The number of allylic oxidation sites excluding steroid dienone is 1. The standard InChI is InChI=1S/C15H14N4O2/c1-8-12-13(9-5-3-4-6-11(9)20-2)10(7-16)14(17)21-15(12)19-18-8/h3-6,8,13H,17H2,1-2H3. The Balaban J connectivity index is 2.21. The highest BCUT2D eigenvalue weighted by molar-refractivity contribution is 5.54. The summed E-state index contributed by atoms with van der Waals surface area (Å²) < 4.78 is 10.8. The predicted octanol–water partition coefficient (Wildman–Crippen LogP) is 2.57. The minimum atomic E-state index is -0.347. The monoisotopic (exact) mass is 282 g/mol. The zero-order valence-electron chi connectivity index (χ0n) is 11.7. The van der Waals surface area contributed by atoms with E-state index < -0.39 is 0 Å². The van der Waals surface area contributed by atoms with Crippen LogP contribution < -0.4 is 10.5 Å². The van der Waals surface area contributed by atoms with Crippen LogP contribution in [-0.2, 0) is 4.74 Å². The minimum Gasteiger partial charge on any atom is -0.496 e. The van der Waals surface area contributed by atoms with Gasteiger partial charge in [0.15, 0.2) is 0 Å². The molecule has 2 heterocycles. The SMILES string of the molecule is COc1ccccc1C1C(C#N)=C(N)OC2=C1C(C)N=N2. The maximum atomic E-state index is 9.47. The van der Waals surface area contributed by atoms with E-state index in [-0.39, 0.29) is 17.8 Å². The van der Waals surface area contributed by atoms with Crippen molar-refractivity contribution >= 4 is 0 Å². The van der Waals surface area contributed by atoms with Gasteiger partial charge in [-0.15, -0.1) is 5.11 Å². The van der Waals surface area contributed by atoms with Crippen molar-refractivity contribution in [1.29, 1.82) is 5.26 Å². The summed E-state index contributed by atoms with van der Waals surface area (Å²) in [6.07, 6.45) is 0. The van der Waals surface area contributed by atoms with E-state index in [0.29, 0.717) is 17.2 Å². The number of methoxy groups -OCH3 is 1. The van der Waals surface area contributed by atoms with Crippen LogP contribution in [0.3, 0.4) is 0 Å². The van der Waals surface area contributed by atoms with Crippen LogP contribution in [0.4, 0.5) is 0 Å². The van der Waals surface area contributed by atoms with Crippen molar-refractivity contribution in [1.82, 2.24) is 0 Å². The zero-order valence-corrected chi connectivity index (χ0v) is 11.7. The van der Waals surface area contributed by atoms with Crippen LogP contribution in [0.1, 0.15) is 18.4 Å². The van der Waals surface area contributed by atoms with Gasteiger partial charge in [-0.2, -0.15) is 10.4 Å². The number of benzene rings is 1. The van der Waals surface area contributed by atoms with Gasteiger partial charge < -0.3 is 15.2 Å².